The van der Waals surface area contributed by atoms with Gasteiger partial charge in [-0.1, -0.05) is 41.7 Å². The molecule has 2 N–H and O–H groups in total. The fourth-order valence-corrected chi connectivity index (χ4v) is 4.08. The number of anilines is 1. The summed E-state index contributed by atoms with van der Waals surface area (Å²) in [5.41, 5.74) is 1.92. The summed E-state index contributed by atoms with van der Waals surface area (Å²) >= 11 is 1.45. The van der Waals surface area contributed by atoms with Crippen LogP contribution < -0.4 is 10.9 Å². The number of nitrogens with zero attached hydrogens (tertiary/aromatic N) is 2. The number of thiazole rings is 1. The maximum atomic E-state index is 12.3. The Morgan fingerprint density at radius 2 is 1.96 bits per heavy atom. The van der Waals surface area contributed by atoms with Crippen molar-refractivity contribution in [3.05, 3.63) is 63.8 Å². The van der Waals surface area contributed by atoms with E-state index in [1.807, 2.05) is 30.3 Å². The van der Waals surface area contributed by atoms with Gasteiger partial charge >= 0.3 is 0 Å². The molecule has 4 rings (SSSR count). The lowest BCUT2D eigenvalue weighted by atomic mass is 10.1. The molecule has 6 nitrogen and oxygen atoms in total. The van der Waals surface area contributed by atoms with Crippen molar-refractivity contribution in [2.24, 2.45) is 0 Å². The zero-order chi connectivity index (χ0) is 19.0. The van der Waals surface area contributed by atoms with Gasteiger partial charge in [-0.05, 0) is 31.7 Å². The Morgan fingerprint density at radius 1 is 1.15 bits per heavy atom. The number of aromatic amines is 1. The van der Waals surface area contributed by atoms with E-state index in [-0.39, 0.29) is 17.9 Å². The fourth-order valence-electron chi connectivity index (χ4n) is 3.18. The average Bonchev–Trinajstić information content (AvgIpc) is 3.03. The second kappa shape index (κ2) is 6.92. The number of aromatic nitrogens is 3. The highest BCUT2D eigenvalue weighted by Crippen LogP contribution is 2.31. The van der Waals surface area contributed by atoms with Crippen LogP contribution in [0.2, 0.25) is 0 Å². The number of carbonyl (C=O) groups is 1. The standard InChI is InChI=1S/C20H18N4O2S/c1-11-14(19(26)22-12(2)21-11)8-10-17(25)23-20-24-18-15-6-4-3-5-13(15)7-9-16(18)27-20/h3-7,9H,8,10H2,1-2H3,(H,21,22,26)(H,23,24,25). The molecule has 2 aromatic heterocycles. The van der Waals surface area contributed by atoms with E-state index >= 15 is 0 Å². The fraction of sp³-hybridized carbons (Fsp3) is 0.200. The molecule has 7 heteroatoms. The van der Waals surface area contributed by atoms with E-state index in [0.29, 0.717) is 28.6 Å². The van der Waals surface area contributed by atoms with Crippen molar-refractivity contribution in [3.63, 3.8) is 0 Å². The topological polar surface area (TPSA) is 87.7 Å². The molecule has 0 aliphatic heterocycles. The van der Waals surface area contributed by atoms with Crippen LogP contribution in [-0.2, 0) is 11.2 Å². The number of benzene rings is 2. The van der Waals surface area contributed by atoms with Crippen molar-refractivity contribution in [1.82, 2.24) is 15.0 Å². The van der Waals surface area contributed by atoms with Gasteiger partial charge in [-0.3, -0.25) is 9.59 Å². The van der Waals surface area contributed by atoms with Crippen molar-refractivity contribution >= 4 is 43.4 Å². The lowest BCUT2D eigenvalue weighted by Crippen LogP contribution is -2.20. The third-order valence-electron chi connectivity index (χ3n) is 4.47. The van der Waals surface area contributed by atoms with Gasteiger partial charge in [0.2, 0.25) is 5.91 Å². The Kier molecular flexibility index (Phi) is 4.45. The van der Waals surface area contributed by atoms with Gasteiger partial charge in [0.1, 0.15) is 5.82 Å². The number of hydrogen-bond acceptors (Lipinski definition) is 5. The van der Waals surface area contributed by atoms with Gasteiger partial charge in [-0.15, -0.1) is 0 Å². The molecule has 0 saturated heterocycles. The van der Waals surface area contributed by atoms with Gasteiger partial charge in [0.15, 0.2) is 5.13 Å². The summed E-state index contributed by atoms with van der Waals surface area (Å²) in [5, 5.41) is 5.61. The number of aryl methyl sites for hydroxylation is 2. The molecule has 0 aliphatic carbocycles. The molecular weight excluding hydrogens is 360 g/mol. The second-order valence-electron chi connectivity index (χ2n) is 6.42. The SMILES string of the molecule is Cc1nc(C)c(CCC(=O)Nc2nc3c(ccc4ccccc43)s2)c(=O)[nH]1. The summed E-state index contributed by atoms with van der Waals surface area (Å²) in [6.07, 6.45) is 0.541. The predicted molar refractivity (Wildman–Crippen MR) is 108 cm³/mol. The molecule has 2 aromatic carbocycles. The summed E-state index contributed by atoms with van der Waals surface area (Å²) in [4.78, 5) is 35.9. The maximum Gasteiger partial charge on any atom is 0.254 e. The van der Waals surface area contributed by atoms with Crippen LogP contribution in [0.4, 0.5) is 5.13 Å². The van der Waals surface area contributed by atoms with Crippen LogP contribution in [0.15, 0.2) is 41.2 Å². The first-order valence-corrected chi connectivity index (χ1v) is 9.47. The smallest absolute Gasteiger partial charge is 0.254 e. The van der Waals surface area contributed by atoms with Crippen LogP contribution in [0.3, 0.4) is 0 Å². The first-order valence-electron chi connectivity index (χ1n) is 8.66. The zero-order valence-electron chi connectivity index (χ0n) is 15.0. The summed E-state index contributed by atoms with van der Waals surface area (Å²) in [5.74, 6) is 0.408. The number of hydrogen-bond donors (Lipinski definition) is 2. The van der Waals surface area contributed by atoms with Crippen molar-refractivity contribution in [1.29, 1.82) is 0 Å². The van der Waals surface area contributed by atoms with Gasteiger partial charge in [-0.25, -0.2) is 9.97 Å². The number of amides is 1. The molecular formula is C20H18N4O2S. The Labute approximate surface area is 159 Å². The summed E-state index contributed by atoms with van der Waals surface area (Å²) in [6.45, 7) is 3.52. The summed E-state index contributed by atoms with van der Waals surface area (Å²) in [7, 11) is 0. The quantitative estimate of drug-likeness (QED) is 0.566. The highest BCUT2D eigenvalue weighted by atomic mass is 32.1. The predicted octanol–water partition coefficient (Wildman–Crippen LogP) is 3.72. The molecule has 136 valence electrons. The van der Waals surface area contributed by atoms with Gasteiger partial charge in [0.05, 0.1) is 10.2 Å². The van der Waals surface area contributed by atoms with Crippen LogP contribution in [0.25, 0.3) is 21.0 Å². The molecule has 0 spiro atoms. The Hall–Kier alpha value is -3.06. The number of H-pyrrole nitrogens is 1. The van der Waals surface area contributed by atoms with E-state index < -0.39 is 0 Å². The highest BCUT2D eigenvalue weighted by Gasteiger charge is 2.12. The van der Waals surface area contributed by atoms with Crippen LogP contribution in [0.1, 0.15) is 23.5 Å². The van der Waals surface area contributed by atoms with Crippen molar-refractivity contribution in [2.45, 2.75) is 26.7 Å². The molecule has 27 heavy (non-hydrogen) atoms. The van der Waals surface area contributed by atoms with E-state index in [4.69, 9.17) is 0 Å². The first-order chi connectivity index (χ1) is 13.0. The monoisotopic (exact) mass is 378 g/mol. The van der Waals surface area contributed by atoms with Crippen LogP contribution in [-0.4, -0.2) is 20.9 Å². The molecule has 0 saturated carbocycles. The number of nitrogens with one attached hydrogen (secondary N) is 2. The third kappa shape index (κ3) is 3.46. The van der Waals surface area contributed by atoms with E-state index in [1.165, 1.54) is 11.3 Å². The molecule has 0 atom stereocenters. The van der Waals surface area contributed by atoms with E-state index in [0.717, 1.165) is 21.0 Å². The largest absolute Gasteiger partial charge is 0.311 e. The van der Waals surface area contributed by atoms with E-state index in [1.54, 1.807) is 13.8 Å². The number of fused-ring (bicyclic) bond motifs is 3. The van der Waals surface area contributed by atoms with Gasteiger partial charge in [0, 0.05) is 23.1 Å². The zero-order valence-corrected chi connectivity index (χ0v) is 15.8. The normalized spacial score (nSPS) is 11.2. The molecule has 0 aliphatic rings. The lowest BCUT2D eigenvalue weighted by molar-refractivity contribution is -0.116. The Balaban J connectivity index is 1.52. The van der Waals surface area contributed by atoms with Gasteiger partial charge < -0.3 is 10.3 Å². The minimum atomic E-state index is -0.181. The number of carbonyl (C=O) groups excluding carboxylic acids is 1. The first kappa shape index (κ1) is 17.4. The summed E-state index contributed by atoms with van der Waals surface area (Å²) < 4.78 is 1.03. The van der Waals surface area contributed by atoms with Gasteiger partial charge in [0.25, 0.3) is 5.56 Å². The molecule has 0 radical (unpaired) electrons. The van der Waals surface area contributed by atoms with Crippen molar-refractivity contribution in [3.8, 4) is 0 Å². The highest BCUT2D eigenvalue weighted by molar-refractivity contribution is 7.22. The molecule has 0 fully saturated rings. The molecule has 1 amide bonds. The van der Waals surface area contributed by atoms with Crippen LogP contribution >= 0.6 is 11.3 Å². The van der Waals surface area contributed by atoms with Crippen LogP contribution in [0, 0.1) is 13.8 Å². The molecule has 4 aromatic rings. The third-order valence-corrected chi connectivity index (χ3v) is 5.41. The number of rotatable bonds is 4. The second-order valence-corrected chi connectivity index (χ2v) is 7.45. The molecule has 0 bridgehead atoms. The lowest BCUT2D eigenvalue weighted by Gasteiger charge is -2.05. The maximum absolute atomic E-state index is 12.3. The van der Waals surface area contributed by atoms with E-state index in [2.05, 4.69) is 26.3 Å². The van der Waals surface area contributed by atoms with Crippen molar-refractivity contribution in [2.75, 3.05) is 5.32 Å². The minimum absolute atomic E-state index is 0.169. The molecule has 2 heterocycles. The Morgan fingerprint density at radius 3 is 2.78 bits per heavy atom. The summed E-state index contributed by atoms with van der Waals surface area (Å²) in [6, 6.07) is 12.1. The van der Waals surface area contributed by atoms with Gasteiger partial charge in [-0.2, -0.15) is 0 Å². The molecule has 0 unspecified atom stereocenters. The average molecular weight is 378 g/mol. The Bertz CT molecular complexity index is 1230. The van der Waals surface area contributed by atoms with Crippen LogP contribution in [0.5, 0.6) is 0 Å². The van der Waals surface area contributed by atoms with Crippen molar-refractivity contribution < 1.29 is 4.79 Å². The minimum Gasteiger partial charge on any atom is -0.311 e. The van der Waals surface area contributed by atoms with E-state index in [9.17, 15) is 9.59 Å².